The van der Waals surface area contributed by atoms with Gasteiger partial charge in [-0.25, -0.2) is 4.39 Å². The predicted octanol–water partition coefficient (Wildman–Crippen LogP) is 5.27. The summed E-state index contributed by atoms with van der Waals surface area (Å²) in [4.78, 5) is 12.3. The molecule has 3 aromatic rings. The van der Waals surface area contributed by atoms with E-state index in [-0.39, 0.29) is 11.7 Å². The molecule has 0 aliphatic heterocycles. The molecule has 0 aromatic heterocycles. The van der Waals surface area contributed by atoms with Crippen LogP contribution >= 0.6 is 0 Å². The summed E-state index contributed by atoms with van der Waals surface area (Å²) in [5, 5.41) is 2.79. The first-order valence-corrected chi connectivity index (χ1v) is 8.22. The topological polar surface area (TPSA) is 47.6 Å². The van der Waals surface area contributed by atoms with Crippen LogP contribution in [0.4, 0.5) is 10.1 Å². The van der Waals surface area contributed by atoms with Crippen LogP contribution in [0, 0.1) is 5.82 Å². The number of nitrogens with one attached hydrogen (secondary N) is 1. The third-order valence-corrected chi connectivity index (χ3v) is 3.60. The van der Waals surface area contributed by atoms with Gasteiger partial charge in [-0.2, -0.15) is 0 Å². The Labute approximate surface area is 151 Å². The molecule has 26 heavy (non-hydrogen) atoms. The molecule has 0 bridgehead atoms. The van der Waals surface area contributed by atoms with Crippen molar-refractivity contribution in [1.29, 1.82) is 0 Å². The molecule has 0 aliphatic carbocycles. The van der Waals surface area contributed by atoms with E-state index in [1.165, 1.54) is 24.3 Å². The first-order chi connectivity index (χ1) is 12.7. The maximum Gasteiger partial charge on any atom is 0.255 e. The van der Waals surface area contributed by atoms with Crippen molar-refractivity contribution in [1.82, 2.24) is 0 Å². The van der Waals surface area contributed by atoms with Crippen LogP contribution in [0.5, 0.6) is 17.2 Å². The van der Waals surface area contributed by atoms with Gasteiger partial charge in [0.05, 0.1) is 12.3 Å². The summed E-state index contributed by atoms with van der Waals surface area (Å²) < 4.78 is 24.3. The Morgan fingerprint density at radius 2 is 1.58 bits per heavy atom. The molecule has 3 aromatic carbocycles. The van der Waals surface area contributed by atoms with Gasteiger partial charge in [0.15, 0.2) is 5.75 Å². The second-order valence-corrected chi connectivity index (χ2v) is 5.46. The van der Waals surface area contributed by atoms with Crippen LogP contribution in [0.25, 0.3) is 0 Å². The maximum absolute atomic E-state index is 13.0. The molecule has 0 aliphatic rings. The van der Waals surface area contributed by atoms with Gasteiger partial charge < -0.3 is 14.8 Å². The Morgan fingerprint density at radius 3 is 2.27 bits per heavy atom. The van der Waals surface area contributed by atoms with Gasteiger partial charge in [0, 0.05) is 5.56 Å². The van der Waals surface area contributed by atoms with E-state index in [0.29, 0.717) is 29.4 Å². The number of benzene rings is 3. The Bertz CT molecular complexity index is 877. The summed E-state index contributed by atoms with van der Waals surface area (Å²) in [7, 11) is 0. The highest BCUT2D eigenvalue weighted by atomic mass is 19.1. The van der Waals surface area contributed by atoms with Gasteiger partial charge in [-0.3, -0.25) is 4.79 Å². The molecule has 0 saturated carbocycles. The summed E-state index contributed by atoms with van der Waals surface area (Å²) >= 11 is 0. The molecule has 5 heteroatoms. The Morgan fingerprint density at radius 1 is 0.923 bits per heavy atom. The molecule has 0 fully saturated rings. The first-order valence-electron chi connectivity index (χ1n) is 8.22. The highest BCUT2D eigenvalue weighted by Crippen LogP contribution is 2.30. The Kier molecular flexibility index (Phi) is 5.49. The number of ether oxygens (including phenoxy) is 2. The first kappa shape index (κ1) is 17.5. The zero-order chi connectivity index (χ0) is 18.4. The molecule has 0 radical (unpaired) electrons. The number of hydrogen-bond donors (Lipinski definition) is 1. The van der Waals surface area contributed by atoms with Gasteiger partial charge in [0.25, 0.3) is 5.91 Å². The molecular formula is C21H18FNO3. The number of para-hydroxylation sites is 2. The normalized spacial score (nSPS) is 10.2. The fraction of sp³-hybridized carbons (Fsp3) is 0.0952. The molecule has 4 nitrogen and oxygen atoms in total. The van der Waals surface area contributed by atoms with Gasteiger partial charge in [0.2, 0.25) is 0 Å². The summed E-state index contributed by atoms with van der Waals surface area (Å²) in [5.74, 6) is 1.16. The molecule has 0 unspecified atom stereocenters. The van der Waals surface area contributed by atoms with Crippen LogP contribution in [0.2, 0.25) is 0 Å². The second-order valence-electron chi connectivity index (χ2n) is 5.46. The Balaban J connectivity index is 1.75. The molecule has 1 amide bonds. The minimum atomic E-state index is -0.388. The van der Waals surface area contributed by atoms with Gasteiger partial charge in [-0.1, -0.05) is 12.1 Å². The van der Waals surface area contributed by atoms with Crippen LogP contribution < -0.4 is 14.8 Å². The lowest BCUT2D eigenvalue weighted by Gasteiger charge is -2.12. The molecule has 0 saturated heterocycles. The smallest absolute Gasteiger partial charge is 0.255 e. The number of halogens is 1. The number of carbonyl (C=O) groups is 1. The lowest BCUT2D eigenvalue weighted by Crippen LogP contribution is -2.12. The summed E-state index contributed by atoms with van der Waals surface area (Å²) in [6, 6.07) is 19.7. The highest BCUT2D eigenvalue weighted by Gasteiger charge is 2.10. The van der Waals surface area contributed by atoms with Crippen LogP contribution in [0.1, 0.15) is 17.3 Å². The van der Waals surface area contributed by atoms with Crippen LogP contribution in [-0.4, -0.2) is 12.5 Å². The van der Waals surface area contributed by atoms with Gasteiger partial charge in [-0.05, 0) is 67.6 Å². The van der Waals surface area contributed by atoms with Gasteiger partial charge in [0.1, 0.15) is 17.3 Å². The SMILES string of the molecule is CCOc1ccc(Oc2ccccc2NC(=O)c2ccc(F)cc2)cc1. The lowest BCUT2D eigenvalue weighted by atomic mass is 10.2. The minimum absolute atomic E-state index is 0.340. The van der Waals surface area contributed by atoms with E-state index < -0.39 is 0 Å². The third-order valence-electron chi connectivity index (χ3n) is 3.60. The van der Waals surface area contributed by atoms with E-state index in [1.54, 1.807) is 30.3 Å². The molecule has 0 heterocycles. The summed E-state index contributed by atoms with van der Waals surface area (Å²) in [6.07, 6.45) is 0. The molecule has 0 spiro atoms. The molecule has 3 rings (SSSR count). The third kappa shape index (κ3) is 4.39. The molecular weight excluding hydrogens is 333 g/mol. The number of rotatable bonds is 6. The standard InChI is InChI=1S/C21H18FNO3/c1-2-25-17-11-13-18(14-12-17)26-20-6-4-3-5-19(20)23-21(24)15-7-9-16(22)10-8-15/h3-14H,2H2,1H3,(H,23,24). The van der Waals surface area contributed by atoms with Crippen molar-refractivity contribution in [2.24, 2.45) is 0 Å². The fourth-order valence-electron chi connectivity index (χ4n) is 2.35. The van der Waals surface area contributed by atoms with Crippen molar-refractivity contribution in [3.63, 3.8) is 0 Å². The van der Waals surface area contributed by atoms with E-state index in [2.05, 4.69) is 5.32 Å². The molecule has 132 valence electrons. The fourth-order valence-corrected chi connectivity index (χ4v) is 2.35. The van der Waals surface area contributed by atoms with E-state index in [4.69, 9.17) is 9.47 Å². The maximum atomic E-state index is 13.0. The largest absolute Gasteiger partial charge is 0.494 e. The average molecular weight is 351 g/mol. The lowest BCUT2D eigenvalue weighted by molar-refractivity contribution is 0.102. The van der Waals surface area contributed by atoms with Crippen molar-refractivity contribution in [2.75, 3.05) is 11.9 Å². The second kappa shape index (κ2) is 8.16. The van der Waals surface area contributed by atoms with Crippen molar-refractivity contribution in [2.45, 2.75) is 6.92 Å². The van der Waals surface area contributed by atoms with Gasteiger partial charge in [-0.15, -0.1) is 0 Å². The van der Waals surface area contributed by atoms with Crippen LogP contribution in [-0.2, 0) is 0 Å². The molecule has 1 N–H and O–H groups in total. The van der Waals surface area contributed by atoms with E-state index in [1.807, 2.05) is 25.1 Å². The number of hydrogen-bond acceptors (Lipinski definition) is 3. The quantitative estimate of drug-likeness (QED) is 0.658. The van der Waals surface area contributed by atoms with Crippen LogP contribution in [0.3, 0.4) is 0 Å². The average Bonchev–Trinajstić information content (AvgIpc) is 2.65. The van der Waals surface area contributed by atoms with Crippen molar-refractivity contribution < 1.29 is 18.7 Å². The zero-order valence-corrected chi connectivity index (χ0v) is 14.2. The van der Waals surface area contributed by atoms with E-state index >= 15 is 0 Å². The minimum Gasteiger partial charge on any atom is -0.494 e. The number of carbonyl (C=O) groups excluding carboxylic acids is 1. The summed E-state index contributed by atoms with van der Waals surface area (Å²) in [5.41, 5.74) is 0.887. The highest BCUT2D eigenvalue weighted by molar-refractivity contribution is 6.05. The van der Waals surface area contributed by atoms with E-state index in [0.717, 1.165) is 5.75 Å². The van der Waals surface area contributed by atoms with Crippen LogP contribution in [0.15, 0.2) is 72.8 Å². The monoisotopic (exact) mass is 351 g/mol. The molecule has 0 atom stereocenters. The van der Waals surface area contributed by atoms with E-state index in [9.17, 15) is 9.18 Å². The van der Waals surface area contributed by atoms with Crippen molar-refractivity contribution in [3.8, 4) is 17.2 Å². The zero-order valence-electron chi connectivity index (χ0n) is 14.2. The van der Waals surface area contributed by atoms with Crippen molar-refractivity contribution in [3.05, 3.63) is 84.2 Å². The number of anilines is 1. The van der Waals surface area contributed by atoms with Gasteiger partial charge >= 0.3 is 0 Å². The predicted molar refractivity (Wildman–Crippen MR) is 98.5 cm³/mol. The summed E-state index contributed by atoms with van der Waals surface area (Å²) in [6.45, 7) is 2.52. The van der Waals surface area contributed by atoms with Crippen molar-refractivity contribution >= 4 is 11.6 Å². The Hall–Kier alpha value is -3.34. The number of amides is 1.